The Bertz CT molecular complexity index is 891. The van der Waals surface area contributed by atoms with Gasteiger partial charge in [0.2, 0.25) is 11.8 Å². The summed E-state index contributed by atoms with van der Waals surface area (Å²) in [7, 11) is 0. The number of rotatable bonds is 5. The summed E-state index contributed by atoms with van der Waals surface area (Å²) in [6.07, 6.45) is 1.47. The number of carbonyl (C=O) groups is 2. The van der Waals surface area contributed by atoms with Crippen molar-refractivity contribution in [1.82, 2.24) is 4.90 Å². The van der Waals surface area contributed by atoms with Crippen LogP contribution in [0.1, 0.15) is 18.9 Å². The Morgan fingerprint density at radius 2 is 1.69 bits per heavy atom. The smallest absolute Gasteiger partial charge is 0.228 e. The number of carbonyl (C=O) groups excluding carboxylic acids is 2. The van der Waals surface area contributed by atoms with Gasteiger partial charge in [-0.1, -0.05) is 25.1 Å². The summed E-state index contributed by atoms with van der Waals surface area (Å²) in [4.78, 5) is 29.4. The zero-order chi connectivity index (χ0) is 20.4. The lowest BCUT2D eigenvalue weighted by atomic mass is 10.1. The molecule has 0 radical (unpaired) electrons. The van der Waals surface area contributed by atoms with E-state index in [9.17, 15) is 14.0 Å². The SMILES string of the molecule is CCc1ccccc1NC(=O)C1CC1C(=O)N1CCN(c2ccc(F)cc2)CC1. The van der Waals surface area contributed by atoms with Gasteiger partial charge in [-0.25, -0.2) is 4.39 Å². The molecule has 6 heteroatoms. The van der Waals surface area contributed by atoms with Crippen LogP contribution in [0.3, 0.4) is 0 Å². The van der Waals surface area contributed by atoms with Crippen molar-refractivity contribution in [3.63, 3.8) is 0 Å². The predicted octanol–water partition coefficient (Wildman–Crippen LogP) is 3.31. The third-order valence-corrected chi connectivity index (χ3v) is 5.88. The Balaban J connectivity index is 1.29. The maximum Gasteiger partial charge on any atom is 0.228 e. The molecular weight excluding hydrogens is 369 g/mol. The zero-order valence-electron chi connectivity index (χ0n) is 16.6. The summed E-state index contributed by atoms with van der Waals surface area (Å²) >= 11 is 0. The molecule has 2 fully saturated rings. The molecule has 1 aliphatic carbocycles. The second-order valence-electron chi connectivity index (χ2n) is 7.74. The predicted molar refractivity (Wildman–Crippen MR) is 111 cm³/mol. The highest BCUT2D eigenvalue weighted by Crippen LogP contribution is 2.41. The largest absolute Gasteiger partial charge is 0.368 e. The fourth-order valence-electron chi connectivity index (χ4n) is 4.01. The van der Waals surface area contributed by atoms with E-state index in [4.69, 9.17) is 0 Å². The number of nitrogens with one attached hydrogen (secondary N) is 1. The first-order valence-corrected chi connectivity index (χ1v) is 10.2. The van der Waals surface area contributed by atoms with Crippen LogP contribution in [-0.2, 0) is 16.0 Å². The molecule has 2 amide bonds. The summed E-state index contributed by atoms with van der Waals surface area (Å²) in [5.74, 6) is -0.673. The number of piperazine rings is 1. The van der Waals surface area contributed by atoms with Gasteiger partial charge in [-0.2, -0.15) is 0 Å². The van der Waals surface area contributed by atoms with Crippen molar-refractivity contribution in [2.75, 3.05) is 36.4 Å². The quantitative estimate of drug-likeness (QED) is 0.845. The lowest BCUT2D eigenvalue weighted by Gasteiger charge is -2.36. The first kappa shape index (κ1) is 19.4. The minimum atomic E-state index is -0.248. The molecule has 1 N–H and O–H groups in total. The van der Waals surface area contributed by atoms with Gasteiger partial charge in [0.05, 0.1) is 11.8 Å². The standard InChI is InChI=1S/C23H26FN3O2/c1-2-16-5-3-4-6-21(16)25-22(28)19-15-20(19)23(29)27-13-11-26(12-14-27)18-9-7-17(24)8-10-18/h3-10,19-20H,2,11-15H2,1H3,(H,25,28). The molecule has 0 spiro atoms. The number of amides is 2. The van der Waals surface area contributed by atoms with Crippen molar-refractivity contribution in [3.05, 3.63) is 59.9 Å². The first-order valence-electron chi connectivity index (χ1n) is 10.2. The summed E-state index contributed by atoms with van der Waals surface area (Å²) < 4.78 is 13.1. The van der Waals surface area contributed by atoms with Crippen LogP contribution in [0, 0.1) is 17.7 Å². The first-order chi connectivity index (χ1) is 14.1. The minimum Gasteiger partial charge on any atom is -0.368 e. The molecule has 0 aromatic heterocycles. The highest BCUT2D eigenvalue weighted by Gasteiger charge is 2.49. The van der Waals surface area contributed by atoms with Gasteiger partial charge in [0.1, 0.15) is 5.82 Å². The maximum atomic E-state index is 13.1. The van der Waals surface area contributed by atoms with Crippen LogP contribution in [0.25, 0.3) is 0 Å². The second-order valence-corrected chi connectivity index (χ2v) is 7.74. The molecule has 2 atom stereocenters. The van der Waals surface area contributed by atoms with Gasteiger partial charge >= 0.3 is 0 Å². The molecular formula is C23H26FN3O2. The van der Waals surface area contributed by atoms with E-state index in [-0.39, 0.29) is 29.5 Å². The molecule has 0 bridgehead atoms. The molecule has 4 rings (SSSR count). The monoisotopic (exact) mass is 395 g/mol. The number of hydrogen-bond donors (Lipinski definition) is 1. The average Bonchev–Trinajstić information content (AvgIpc) is 3.55. The van der Waals surface area contributed by atoms with Crippen LogP contribution in [0.2, 0.25) is 0 Å². The van der Waals surface area contributed by atoms with Crippen molar-refractivity contribution < 1.29 is 14.0 Å². The fourth-order valence-corrected chi connectivity index (χ4v) is 4.01. The molecule has 1 heterocycles. The van der Waals surface area contributed by atoms with Gasteiger partial charge in [0.25, 0.3) is 0 Å². The van der Waals surface area contributed by atoms with Crippen molar-refractivity contribution >= 4 is 23.2 Å². The zero-order valence-corrected chi connectivity index (χ0v) is 16.6. The maximum absolute atomic E-state index is 13.1. The van der Waals surface area contributed by atoms with Gasteiger partial charge < -0.3 is 15.1 Å². The Labute approximate surface area is 170 Å². The molecule has 1 aliphatic heterocycles. The van der Waals surface area contributed by atoms with Crippen LogP contribution in [0.15, 0.2) is 48.5 Å². The molecule has 152 valence electrons. The van der Waals surface area contributed by atoms with Gasteiger partial charge in [0, 0.05) is 37.6 Å². The van der Waals surface area contributed by atoms with E-state index >= 15 is 0 Å². The van der Waals surface area contributed by atoms with Crippen molar-refractivity contribution in [2.45, 2.75) is 19.8 Å². The molecule has 2 aromatic carbocycles. The molecule has 1 saturated heterocycles. The van der Waals surface area contributed by atoms with Gasteiger partial charge in [-0.3, -0.25) is 9.59 Å². The Hall–Kier alpha value is -2.89. The van der Waals surface area contributed by atoms with Crippen LogP contribution in [-0.4, -0.2) is 42.9 Å². The lowest BCUT2D eigenvalue weighted by molar-refractivity contribution is -0.134. The summed E-state index contributed by atoms with van der Waals surface area (Å²) in [5, 5.41) is 3.00. The van der Waals surface area contributed by atoms with E-state index in [2.05, 4.69) is 17.1 Å². The second kappa shape index (κ2) is 8.23. The van der Waals surface area contributed by atoms with Crippen LogP contribution in [0.5, 0.6) is 0 Å². The highest BCUT2D eigenvalue weighted by molar-refractivity contribution is 6.00. The van der Waals surface area contributed by atoms with E-state index in [1.165, 1.54) is 12.1 Å². The van der Waals surface area contributed by atoms with E-state index in [0.29, 0.717) is 32.6 Å². The van der Waals surface area contributed by atoms with Gasteiger partial charge in [-0.05, 0) is 48.7 Å². The van der Waals surface area contributed by atoms with Gasteiger partial charge in [-0.15, -0.1) is 0 Å². The number of aryl methyl sites for hydroxylation is 1. The molecule has 5 nitrogen and oxygen atoms in total. The third kappa shape index (κ3) is 4.26. The molecule has 29 heavy (non-hydrogen) atoms. The number of para-hydroxylation sites is 1. The number of nitrogens with zero attached hydrogens (tertiary/aromatic N) is 2. The number of halogens is 1. The minimum absolute atomic E-state index is 0.0609. The average molecular weight is 395 g/mol. The normalized spacial score (nSPS) is 21.0. The topological polar surface area (TPSA) is 52.7 Å². The van der Waals surface area contributed by atoms with Crippen molar-refractivity contribution in [3.8, 4) is 0 Å². The molecule has 2 unspecified atom stereocenters. The molecule has 2 aliphatic rings. The summed E-state index contributed by atoms with van der Waals surface area (Å²) in [6.45, 7) is 4.73. The Morgan fingerprint density at radius 3 is 2.38 bits per heavy atom. The molecule has 1 saturated carbocycles. The lowest BCUT2D eigenvalue weighted by Crippen LogP contribution is -2.49. The van der Waals surface area contributed by atoms with Crippen LogP contribution in [0.4, 0.5) is 15.8 Å². The van der Waals surface area contributed by atoms with E-state index < -0.39 is 0 Å². The van der Waals surface area contributed by atoms with Gasteiger partial charge in [0.15, 0.2) is 0 Å². The number of benzene rings is 2. The summed E-state index contributed by atoms with van der Waals surface area (Å²) in [5.41, 5.74) is 2.91. The Morgan fingerprint density at radius 1 is 1.00 bits per heavy atom. The van der Waals surface area contributed by atoms with Crippen LogP contribution < -0.4 is 10.2 Å². The Kier molecular flexibility index (Phi) is 5.51. The van der Waals surface area contributed by atoms with Crippen molar-refractivity contribution in [1.29, 1.82) is 0 Å². The van der Waals surface area contributed by atoms with E-state index in [1.54, 1.807) is 12.1 Å². The van der Waals surface area contributed by atoms with Crippen molar-refractivity contribution in [2.24, 2.45) is 11.8 Å². The van der Waals surface area contributed by atoms with Crippen LogP contribution >= 0.6 is 0 Å². The number of hydrogen-bond acceptors (Lipinski definition) is 3. The molecule has 2 aromatic rings. The fraction of sp³-hybridized carbons (Fsp3) is 0.391. The third-order valence-electron chi connectivity index (χ3n) is 5.88. The number of anilines is 2. The van der Waals surface area contributed by atoms with E-state index in [0.717, 1.165) is 23.4 Å². The highest BCUT2D eigenvalue weighted by atomic mass is 19.1. The van der Waals surface area contributed by atoms with E-state index in [1.807, 2.05) is 29.2 Å². The summed E-state index contributed by atoms with van der Waals surface area (Å²) in [6, 6.07) is 14.2.